The van der Waals surface area contributed by atoms with Gasteiger partial charge in [-0.1, -0.05) is 18.2 Å². The lowest BCUT2D eigenvalue weighted by molar-refractivity contribution is 0.788. The third kappa shape index (κ3) is 2.29. The molecule has 0 spiro atoms. The van der Waals surface area contributed by atoms with Crippen molar-refractivity contribution in [2.75, 3.05) is 13.6 Å². The first kappa shape index (κ1) is 12.4. The van der Waals surface area contributed by atoms with Gasteiger partial charge in [0.25, 0.3) is 0 Å². The zero-order valence-electron chi connectivity index (χ0n) is 11.2. The van der Waals surface area contributed by atoms with Gasteiger partial charge in [-0.25, -0.2) is 4.98 Å². The monoisotopic (exact) mass is 271 g/mol. The second-order valence-electron chi connectivity index (χ2n) is 4.65. The molecule has 0 atom stereocenters. The Morgan fingerprint density at radius 1 is 1.32 bits per heavy atom. The van der Waals surface area contributed by atoms with E-state index in [0.717, 1.165) is 18.7 Å². The van der Waals surface area contributed by atoms with Gasteiger partial charge in [-0.05, 0) is 20.0 Å². The Hall–Kier alpha value is -1.65. The molecular formula is C15H17N3S. The van der Waals surface area contributed by atoms with Crippen molar-refractivity contribution in [3.05, 3.63) is 40.3 Å². The van der Waals surface area contributed by atoms with Crippen LogP contribution >= 0.6 is 11.3 Å². The highest BCUT2D eigenvalue weighted by Gasteiger charge is 2.13. The van der Waals surface area contributed by atoms with Gasteiger partial charge in [0, 0.05) is 40.5 Å². The van der Waals surface area contributed by atoms with Gasteiger partial charge in [0.2, 0.25) is 0 Å². The van der Waals surface area contributed by atoms with E-state index in [1.165, 1.54) is 27.2 Å². The first-order chi connectivity index (χ1) is 9.29. The maximum Gasteiger partial charge on any atom is 0.0945 e. The fourth-order valence-corrected chi connectivity index (χ4v) is 3.17. The smallest absolute Gasteiger partial charge is 0.0945 e. The van der Waals surface area contributed by atoms with Crippen LogP contribution in [0.4, 0.5) is 0 Å². The van der Waals surface area contributed by atoms with Crippen LogP contribution in [0.15, 0.2) is 29.6 Å². The fourth-order valence-electron chi connectivity index (χ4n) is 2.38. The summed E-state index contributed by atoms with van der Waals surface area (Å²) in [5.41, 5.74) is 4.69. The van der Waals surface area contributed by atoms with Gasteiger partial charge in [-0.3, -0.25) is 0 Å². The van der Waals surface area contributed by atoms with E-state index >= 15 is 0 Å². The second kappa shape index (κ2) is 5.15. The average molecular weight is 271 g/mol. The molecule has 98 valence electrons. The number of thiazole rings is 1. The normalized spacial score (nSPS) is 11.3. The second-order valence-corrected chi connectivity index (χ2v) is 5.59. The van der Waals surface area contributed by atoms with Crippen LogP contribution in [0.2, 0.25) is 0 Å². The van der Waals surface area contributed by atoms with Gasteiger partial charge in [0.05, 0.1) is 10.7 Å². The summed E-state index contributed by atoms with van der Waals surface area (Å²) in [6, 6.07) is 8.40. The van der Waals surface area contributed by atoms with Gasteiger partial charge >= 0.3 is 0 Å². The van der Waals surface area contributed by atoms with Crippen LogP contribution in [-0.2, 0) is 6.42 Å². The maximum atomic E-state index is 4.76. The summed E-state index contributed by atoms with van der Waals surface area (Å²) >= 11 is 1.74. The Morgan fingerprint density at radius 3 is 3.00 bits per heavy atom. The van der Waals surface area contributed by atoms with E-state index in [1.807, 2.05) is 7.05 Å². The molecule has 3 nitrogen and oxygen atoms in total. The highest BCUT2D eigenvalue weighted by Crippen LogP contribution is 2.32. The highest BCUT2D eigenvalue weighted by molar-refractivity contribution is 7.10. The van der Waals surface area contributed by atoms with Gasteiger partial charge in [0.1, 0.15) is 0 Å². The first-order valence-corrected chi connectivity index (χ1v) is 7.34. The number of likely N-dealkylation sites (N-methyl/N-ethyl adjacent to an activating group) is 1. The molecule has 2 aromatic heterocycles. The Bertz CT molecular complexity index is 696. The van der Waals surface area contributed by atoms with Crippen LogP contribution < -0.4 is 5.32 Å². The summed E-state index contributed by atoms with van der Waals surface area (Å²) in [5.74, 6) is 0. The molecule has 19 heavy (non-hydrogen) atoms. The Kier molecular flexibility index (Phi) is 3.36. The van der Waals surface area contributed by atoms with E-state index in [0.29, 0.717) is 0 Å². The fraction of sp³-hybridized carbons (Fsp3) is 0.267. The lowest BCUT2D eigenvalue weighted by Crippen LogP contribution is -2.09. The van der Waals surface area contributed by atoms with Crippen LogP contribution in [-0.4, -0.2) is 23.6 Å². The zero-order valence-corrected chi connectivity index (χ0v) is 12.0. The number of hydrogen-bond donors (Lipinski definition) is 2. The molecule has 0 aliphatic rings. The van der Waals surface area contributed by atoms with Crippen molar-refractivity contribution in [1.82, 2.24) is 15.3 Å². The number of benzene rings is 1. The maximum absolute atomic E-state index is 4.76. The highest BCUT2D eigenvalue weighted by atomic mass is 32.1. The molecule has 0 amide bonds. The summed E-state index contributed by atoms with van der Waals surface area (Å²) < 4.78 is 0. The molecular weight excluding hydrogens is 254 g/mol. The summed E-state index contributed by atoms with van der Waals surface area (Å²) in [4.78, 5) is 8.19. The van der Waals surface area contributed by atoms with Crippen LogP contribution in [0.1, 0.15) is 10.7 Å². The largest absolute Gasteiger partial charge is 0.358 e. The average Bonchev–Trinajstić information content (AvgIpc) is 2.99. The third-order valence-corrected chi connectivity index (χ3v) is 4.20. The zero-order chi connectivity index (χ0) is 13.2. The lowest BCUT2D eigenvalue weighted by atomic mass is 10.1. The number of nitrogens with zero attached hydrogens (tertiary/aromatic N) is 1. The molecule has 2 N–H and O–H groups in total. The quantitative estimate of drug-likeness (QED) is 0.764. The van der Waals surface area contributed by atoms with E-state index in [4.69, 9.17) is 4.98 Å². The third-order valence-electron chi connectivity index (χ3n) is 3.29. The van der Waals surface area contributed by atoms with Gasteiger partial charge in [-0.15, -0.1) is 11.3 Å². The van der Waals surface area contributed by atoms with Crippen LogP contribution in [0.5, 0.6) is 0 Å². The van der Waals surface area contributed by atoms with Crippen molar-refractivity contribution in [1.29, 1.82) is 0 Å². The molecule has 3 rings (SSSR count). The summed E-state index contributed by atoms with van der Waals surface area (Å²) in [6.45, 7) is 3.09. The minimum Gasteiger partial charge on any atom is -0.358 e. The molecule has 3 aromatic rings. The molecule has 0 saturated carbocycles. The van der Waals surface area contributed by atoms with Gasteiger partial charge in [-0.2, -0.15) is 0 Å². The number of fused-ring (bicyclic) bond motifs is 1. The molecule has 0 saturated heterocycles. The Labute approximate surface area is 116 Å². The van der Waals surface area contributed by atoms with Crippen molar-refractivity contribution in [2.24, 2.45) is 0 Å². The molecule has 0 unspecified atom stereocenters. The number of hydrogen-bond acceptors (Lipinski definition) is 3. The summed E-state index contributed by atoms with van der Waals surface area (Å²) in [7, 11) is 1.97. The number of H-pyrrole nitrogens is 1. The Morgan fingerprint density at radius 2 is 2.16 bits per heavy atom. The number of aryl methyl sites for hydroxylation is 1. The standard InChI is InChI=1S/C15H17N3S/c1-10-15(11-5-3-4-6-12(11)17-10)13-9-19-14(18-13)7-8-16-2/h3-6,9,16-17H,7-8H2,1-2H3. The molecule has 0 aliphatic carbocycles. The number of aromatic nitrogens is 2. The van der Waals surface area contributed by atoms with Gasteiger partial charge in [0.15, 0.2) is 0 Å². The van der Waals surface area contributed by atoms with E-state index in [-0.39, 0.29) is 0 Å². The van der Waals surface area contributed by atoms with E-state index < -0.39 is 0 Å². The van der Waals surface area contributed by atoms with Crippen LogP contribution in [0.3, 0.4) is 0 Å². The SMILES string of the molecule is CNCCc1nc(-c2c(C)[nH]c3ccccc23)cs1. The minimum absolute atomic E-state index is 0.972. The van der Waals surface area contributed by atoms with Crippen LogP contribution in [0.25, 0.3) is 22.2 Å². The molecule has 0 aliphatic heterocycles. The van der Waals surface area contributed by atoms with Crippen molar-refractivity contribution in [2.45, 2.75) is 13.3 Å². The number of nitrogens with one attached hydrogen (secondary N) is 2. The Balaban J connectivity index is 2.04. The van der Waals surface area contributed by atoms with Gasteiger partial charge < -0.3 is 10.3 Å². The molecule has 0 radical (unpaired) electrons. The van der Waals surface area contributed by atoms with E-state index in [1.54, 1.807) is 11.3 Å². The van der Waals surface area contributed by atoms with Crippen LogP contribution in [0, 0.1) is 6.92 Å². The molecule has 2 heterocycles. The predicted molar refractivity (Wildman–Crippen MR) is 81.8 cm³/mol. The summed E-state index contributed by atoms with van der Waals surface area (Å²) in [6.07, 6.45) is 0.989. The topological polar surface area (TPSA) is 40.7 Å². The van der Waals surface area contributed by atoms with Crippen molar-refractivity contribution in [3.8, 4) is 11.3 Å². The summed E-state index contributed by atoms with van der Waals surface area (Å²) in [5, 5.41) is 7.77. The number of rotatable bonds is 4. The number of aromatic amines is 1. The number of para-hydroxylation sites is 1. The predicted octanol–water partition coefficient (Wildman–Crippen LogP) is 3.36. The minimum atomic E-state index is 0.972. The lowest BCUT2D eigenvalue weighted by Gasteiger charge is -1.97. The molecule has 4 heteroatoms. The van der Waals surface area contributed by atoms with Crippen molar-refractivity contribution < 1.29 is 0 Å². The molecule has 0 fully saturated rings. The van der Waals surface area contributed by atoms with Crippen molar-refractivity contribution in [3.63, 3.8) is 0 Å². The molecule has 1 aromatic carbocycles. The molecule has 0 bridgehead atoms. The van der Waals surface area contributed by atoms with E-state index in [9.17, 15) is 0 Å². The van der Waals surface area contributed by atoms with E-state index in [2.05, 4.69) is 46.9 Å². The first-order valence-electron chi connectivity index (χ1n) is 6.46. The van der Waals surface area contributed by atoms with Crippen molar-refractivity contribution >= 4 is 22.2 Å².